The number of carbonyl (C=O) groups excluding carboxylic acids is 10. The Morgan fingerprint density at radius 2 is 0.865 bits per heavy atom. The van der Waals surface area contributed by atoms with E-state index in [9.17, 15) is 57.8 Å². The van der Waals surface area contributed by atoms with Crippen LogP contribution in [0, 0.1) is 23.7 Å². The molecule has 0 fully saturated rings. The van der Waals surface area contributed by atoms with E-state index in [-0.39, 0.29) is 44.4 Å². The molecule has 0 saturated heterocycles. The maximum absolute atomic E-state index is 14.2. The molecule has 0 saturated carbocycles. The van der Waals surface area contributed by atoms with Gasteiger partial charge in [-0.2, -0.15) is 0 Å². The number of carbonyl (C=O) groups is 11. The second kappa shape index (κ2) is 31.2. The normalized spacial score (nSPS) is 14.8. The largest absolute Gasteiger partial charge is 0.480 e. The molecule has 0 aliphatic rings. The van der Waals surface area contributed by atoms with Crippen LogP contribution in [0.15, 0.2) is 60.7 Å². The van der Waals surface area contributed by atoms with Crippen molar-refractivity contribution < 1.29 is 57.8 Å². The molecular weight excluding hydrogens is 959 g/mol. The van der Waals surface area contributed by atoms with E-state index in [1.807, 2.05) is 0 Å². The monoisotopic (exact) mass is 1040 g/mol. The Morgan fingerprint density at radius 3 is 1.28 bits per heavy atom. The van der Waals surface area contributed by atoms with Crippen LogP contribution < -0.4 is 59.7 Å². The fourth-order valence-electron chi connectivity index (χ4n) is 7.37. The summed E-state index contributed by atoms with van der Waals surface area (Å²) in [4.78, 5) is 145. The predicted molar refractivity (Wildman–Crippen MR) is 273 cm³/mol. The lowest BCUT2D eigenvalue weighted by Gasteiger charge is -2.29. The van der Waals surface area contributed by atoms with Gasteiger partial charge in [0.2, 0.25) is 59.1 Å². The van der Waals surface area contributed by atoms with E-state index in [4.69, 9.17) is 17.2 Å². The number of amides is 10. The third-order valence-electron chi connectivity index (χ3n) is 12.2. The third kappa shape index (κ3) is 21.7. The van der Waals surface area contributed by atoms with Crippen LogP contribution in [-0.2, 0) is 65.6 Å². The molecule has 15 N–H and O–H groups in total. The van der Waals surface area contributed by atoms with Crippen molar-refractivity contribution in [1.29, 1.82) is 0 Å². The van der Waals surface area contributed by atoms with E-state index in [2.05, 4.69) is 42.5 Å². The lowest BCUT2D eigenvalue weighted by atomic mass is 9.96. The van der Waals surface area contributed by atoms with Gasteiger partial charge in [0.05, 0.1) is 12.6 Å². The number of nitrogens with one attached hydrogen (secondary N) is 8. The molecule has 0 aliphatic heterocycles. The van der Waals surface area contributed by atoms with Crippen molar-refractivity contribution in [3.63, 3.8) is 0 Å². The molecule has 408 valence electrons. The molecule has 0 bridgehead atoms. The van der Waals surface area contributed by atoms with Crippen LogP contribution in [-0.4, -0.2) is 125 Å². The standard InChI is InChI=1S/C51H77N11O12/c1-9-30(8)43(50(72)59-36(25-32-18-14-11-15-19-32)47(69)62-42(29(6)7)51(73)74)60-39(65)26-55-44(66)33(20-22-37(52)63)57-49(71)41(28(4)5)61-46(68)35(24-31-16-12-10-13-17-31)58-45(67)34(21-23-38(53)64)56-48(70)40(54)27(2)3/h10-19,27-30,33-36,40-43H,9,20-26,54H2,1-8H3,(H2,52,63)(H2,53,64)(H,55,66)(H,56,70)(H,57,71)(H,58,67)(H,59,72)(H,60,65)(H,61,68)(H,62,69)(H,73,74)/t30-,33-,34-,35-,36-,40-,41-,42-,43-/m0/s1. The second-order valence-electron chi connectivity index (χ2n) is 19.4. The van der Waals surface area contributed by atoms with Gasteiger partial charge in [-0.15, -0.1) is 0 Å². The van der Waals surface area contributed by atoms with Gasteiger partial charge in [0.15, 0.2) is 0 Å². The Labute approximate surface area is 432 Å². The van der Waals surface area contributed by atoms with Gasteiger partial charge in [-0.25, -0.2) is 4.79 Å². The van der Waals surface area contributed by atoms with Crippen LogP contribution >= 0.6 is 0 Å². The highest BCUT2D eigenvalue weighted by Gasteiger charge is 2.36. The van der Waals surface area contributed by atoms with E-state index < -0.39 is 138 Å². The first kappa shape index (κ1) is 62.7. The number of carboxylic acids is 1. The molecule has 10 amide bonds. The van der Waals surface area contributed by atoms with E-state index >= 15 is 0 Å². The number of hydrogen-bond donors (Lipinski definition) is 12. The van der Waals surface area contributed by atoms with Crippen LogP contribution in [0.1, 0.15) is 98.6 Å². The molecule has 74 heavy (non-hydrogen) atoms. The molecule has 0 aliphatic carbocycles. The van der Waals surface area contributed by atoms with Crippen molar-refractivity contribution in [1.82, 2.24) is 42.5 Å². The zero-order valence-corrected chi connectivity index (χ0v) is 43.5. The number of rotatable bonds is 32. The van der Waals surface area contributed by atoms with E-state index in [1.165, 1.54) is 0 Å². The first-order valence-corrected chi connectivity index (χ1v) is 24.8. The van der Waals surface area contributed by atoms with Gasteiger partial charge in [-0.1, -0.05) is 122 Å². The van der Waals surface area contributed by atoms with E-state index in [1.54, 1.807) is 116 Å². The van der Waals surface area contributed by atoms with Crippen molar-refractivity contribution in [3.05, 3.63) is 71.8 Å². The van der Waals surface area contributed by atoms with Gasteiger partial charge in [0.25, 0.3) is 0 Å². The summed E-state index contributed by atoms with van der Waals surface area (Å²) >= 11 is 0. The van der Waals surface area contributed by atoms with Gasteiger partial charge >= 0.3 is 5.97 Å². The van der Waals surface area contributed by atoms with Crippen LogP contribution in [0.4, 0.5) is 0 Å². The molecule has 0 radical (unpaired) electrons. The lowest BCUT2D eigenvalue weighted by Crippen LogP contribution is -2.60. The maximum atomic E-state index is 14.2. The maximum Gasteiger partial charge on any atom is 0.326 e. The summed E-state index contributed by atoms with van der Waals surface area (Å²) in [5.74, 6) is -11.3. The Hall–Kier alpha value is -7.43. The van der Waals surface area contributed by atoms with Crippen molar-refractivity contribution in [2.45, 2.75) is 149 Å². The van der Waals surface area contributed by atoms with Gasteiger partial charge < -0.3 is 64.8 Å². The topological polar surface area (TPSA) is 382 Å². The smallest absolute Gasteiger partial charge is 0.326 e. The van der Waals surface area contributed by atoms with Crippen molar-refractivity contribution in [3.8, 4) is 0 Å². The van der Waals surface area contributed by atoms with Crippen LogP contribution in [0.5, 0.6) is 0 Å². The zero-order valence-electron chi connectivity index (χ0n) is 43.5. The van der Waals surface area contributed by atoms with Crippen molar-refractivity contribution >= 4 is 65.0 Å². The highest BCUT2D eigenvalue weighted by atomic mass is 16.4. The highest BCUT2D eigenvalue weighted by Crippen LogP contribution is 2.13. The first-order valence-electron chi connectivity index (χ1n) is 24.8. The van der Waals surface area contributed by atoms with Crippen LogP contribution in [0.25, 0.3) is 0 Å². The summed E-state index contributed by atoms with van der Waals surface area (Å²) in [7, 11) is 0. The van der Waals surface area contributed by atoms with Crippen molar-refractivity contribution in [2.24, 2.45) is 40.9 Å². The van der Waals surface area contributed by atoms with E-state index in [0.717, 1.165) is 0 Å². The molecule has 2 aromatic rings. The van der Waals surface area contributed by atoms with Crippen LogP contribution in [0.3, 0.4) is 0 Å². The lowest BCUT2D eigenvalue weighted by molar-refractivity contribution is -0.143. The number of hydrogen-bond acceptors (Lipinski definition) is 12. The molecule has 2 aromatic carbocycles. The van der Waals surface area contributed by atoms with Crippen LogP contribution in [0.2, 0.25) is 0 Å². The number of benzene rings is 2. The molecule has 23 nitrogen and oxygen atoms in total. The predicted octanol–water partition coefficient (Wildman–Crippen LogP) is -1.06. The Balaban J connectivity index is 2.33. The van der Waals surface area contributed by atoms with Gasteiger partial charge in [0.1, 0.15) is 42.3 Å². The SMILES string of the molecule is CC[C@H](C)[C@H](NC(=O)CNC(=O)[C@H](CCC(N)=O)NC(=O)[C@@H](NC(=O)[C@H](Cc1ccccc1)NC(=O)[C@H](CCC(N)=O)NC(=O)[C@@H](N)C(C)C)C(C)C)C(=O)N[C@@H](Cc1ccccc1)C(=O)N[C@H](C(=O)O)C(C)C. The molecule has 0 aromatic heterocycles. The minimum absolute atomic E-state index is 0.0136. The van der Waals surface area contributed by atoms with Gasteiger partial charge in [-0.3, -0.25) is 47.9 Å². The summed E-state index contributed by atoms with van der Waals surface area (Å²) < 4.78 is 0. The summed E-state index contributed by atoms with van der Waals surface area (Å²) in [5, 5.41) is 30.2. The summed E-state index contributed by atoms with van der Waals surface area (Å²) in [6, 6.07) is 6.96. The quantitative estimate of drug-likeness (QED) is 0.0416. The average molecular weight is 1040 g/mol. The summed E-state index contributed by atoms with van der Waals surface area (Å²) in [6.07, 6.45) is -0.950. The number of carboxylic acid groups (broad SMARTS) is 1. The average Bonchev–Trinajstić information content (AvgIpc) is 3.34. The van der Waals surface area contributed by atoms with E-state index in [0.29, 0.717) is 17.5 Å². The molecule has 0 spiro atoms. The molecule has 0 heterocycles. The fourth-order valence-corrected chi connectivity index (χ4v) is 7.37. The molecular formula is C51H77N11O12. The number of nitrogens with two attached hydrogens (primary N) is 3. The van der Waals surface area contributed by atoms with Crippen molar-refractivity contribution in [2.75, 3.05) is 6.54 Å². The van der Waals surface area contributed by atoms with Gasteiger partial charge in [0, 0.05) is 25.7 Å². The minimum atomic E-state index is -1.49. The summed E-state index contributed by atoms with van der Waals surface area (Å²) in [6.45, 7) is 12.6. The molecule has 2 rings (SSSR count). The minimum Gasteiger partial charge on any atom is -0.480 e. The fraction of sp³-hybridized carbons (Fsp3) is 0.549. The Bertz CT molecular complexity index is 2250. The molecule has 9 atom stereocenters. The third-order valence-corrected chi connectivity index (χ3v) is 12.2. The number of aliphatic carboxylic acids is 1. The molecule has 0 unspecified atom stereocenters. The molecule has 23 heteroatoms. The summed E-state index contributed by atoms with van der Waals surface area (Å²) in [5.41, 5.74) is 18.0. The second-order valence-corrected chi connectivity index (χ2v) is 19.4. The Kier molecular flexibility index (Phi) is 26.5. The highest BCUT2D eigenvalue weighted by molar-refractivity contribution is 5.98. The first-order chi connectivity index (χ1) is 34.7. The number of primary amides is 2. The Morgan fingerprint density at radius 1 is 0.473 bits per heavy atom. The van der Waals surface area contributed by atoms with Gasteiger partial charge in [-0.05, 0) is 47.6 Å². The zero-order chi connectivity index (χ0) is 55.8.